The van der Waals surface area contributed by atoms with E-state index in [-0.39, 0.29) is 0 Å². The third-order valence-corrected chi connectivity index (χ3v) is 8.29. The van der Waals surface area contributed by atoms with Crippen molar-refractivity contribution in [2.24, 2.45) is 0 Å². The van der Waals surface area contributed by atoms with E-state index in [9.17, 15) is 0 Å². The molecule has 0 aromatic heterocycles. The highest BCUT2D eigenvalue weighted by Gasteiger charge is 2.02. The summed E-state index contributed by atoms with van der Waals surface area (Å²) in [4.78, 5) is 0. The van der Waals surface area contributed by atoms with Crippen molar-refractivity contribution in [2.75, 3.05) is 0 Å². The van der Waals surface area contributed by atoms with Gasteiger partial charge in [0.05, 0.1) is 0 Å². The van der Waals surface area contributed by atoms with Crippen molar-refractivity contribution in [3.8, 4) is 0 Å². The maximum absolute atomic E-state index is 2.30. The fourth-order valence-corrected chi connectivity index (χ4v) is 6.61. The van der Waals surface area contributed by atoms with Gasteiger partial charge < -0.3 is 0 Å². The minimum atomic E-state index is 0.317. The molecule has 0 nitrogen and oxygen atoms in total. The topological polar surface area (TPSA) is 0 Å². The molecule has 1 aromatic carbocycles. The Morgan fingerprint density at radius 3 is 1.25 bits per heavy atom. The first-order valence-corrected chi connectivity index (χ1v) is 8.44. The van der Waals surface area contributed by atoms with Gasteiger partial charge in [-0.3, -0.25) is 0 Å². The lowest BCUT2D eigenvalue weighted by atomic mass is 10.4. The molecular weight excluding hydrogens is 128 g/mol. The van der Waals surface area contributed by atoms with Crippen LogP contribution in [0.3, 0.4) is 0 Å². The standard InChI is InChI=1S/C6H8Si2/c1-2-6-4-3-5(1)7-8-6/h1-4H,7-8H2. The quantitative estimate of drug-likeness (QED) is 0.369. The van der Waals surface area contributed by atoms with Crippen LogP contribution in [0.5, 0.6) is 0 Å². The van der Waals surface area contributed by atoms with Crippen LogP contribution >= 0.6 is 0 Å². The largest absolute Gasteiger partial charge is 0.0697 e. The Morgan fingerprint density at radius 2 is 1.12 bits per heavy atom. The summed E-state index contributed by atoms with van der Waals surface area (Å²) in [6.45, 7) is 0. The molecule has 3 rings (SSSR count). The fourth-order valence-electron chi connectivity index (χ4n) is 1.16. The van der Waals surface area contributed by atoms with Gasteiger partial charge in [0.2, 0.25) is 0 Å². The summed E-state index contributed by atoms with van der Waals surface area (Å²) in [6.07, 6.45) is 0. The summed E-state index contributed by atoms with van der Waals surface area (Å²) >= 11 is 0. The number of benzene rings is 1. The number of rotatable bonds is 0. The van der Waals surface area contributed by atoms with Crippen molar-refractivity contribution in [3.05, 3.63) is 24.3 Å². The molecular formula is C6H8Si2. The van der Waals surface area contributed by atoms with Gasteiger partial charge in [0, 0.05) is 18.1 Å². The fraction of sp³-hybridized carbons (Fsp3) is 0. The van der Waals surface area contributed by atoms with Crippen molar-refractivity contribution >= 4 is 28.4 Å². The van der Waals surface area contributed by atoms with Gasteiger partial charge in [-0.2, -0.15) is 0 Å². The van der Waals surface area contributed by atoms with Gasteiger partial charge in [-0.15, -0.1) is 0 Å². The minimum absolute atomic E-state index is 0.317. The summed E-state index contributed by atoms with van der Waals surface area (Å²) in [5.74, 6) is 0. The Labute approximate surface area is 53.4 Å². The van der Waals surface area contributed by atoms with Crippen LogP contribution in [0.1, 0.15) is 0 Å². The lowest BCUT2D eigenvalue weighted by Crippen LogP contribution is -2.35. The van der Waals surface area contributed by atoms with E-state index in [1.807, 2.05) is 0 Å². The molecule has 2 heteroatoms. The van der Waals surface area contributed by atoms with Crippen molar-refractivity contribution < 1.29 is 0 Å². The number of hydrogen-bond donors (Lipinski definition) is 0. The Bertz CT molecular complexity index is 167. The zero-order valence-corrected chi connectivity index (χ0v) is 7.55. The smallest absolute Gasteiger partial charge is 0.0477 e. The Balaban J connectivity index is 2.69. The highest BCUT2D eigenvalue weighted by Crippen LogP contribution is 1.84. The SMILES string of the molecule is c1cc2ccc1[SiH2][SiH2]2. The van der Waals surface area contributed by atoms with Crippen LogP contribution in [0.15, 0.2) is 24.3 Å². The molecule has 0 N–H and O–H groups in total. The van der Waals surface area contributed by atoms with Crippen LogP contribution in [0.2, 0.25) is 0 Å². The molecule has 2 heterocycles. The first-order chi connectivity index (χ1) is 3.95. The van der Waals surface area contributed by atoms with Crippen LogP contribution in [0.25, 0.3) is 0 Å². The molecule has 0 amide bonds. The van der Waals surface area contributed by atoms with Crippen LogP contribution in [-0.2, 0) is 0 Å². The summed E-state index contributed by atoms with van der Waals surface area (Å²) in [5, 5.41) is 3.37. The number of hydrogen-bond acceptors (Lipinski definition) is 0. The van der Waals surface area contributed by atoms with Gasteiger partial charge in [0.1, 0.15) is 0 Å². The van der Waals surface area contributed by atoms with Crippen molar-refractivity contribution in [1.29, 1.82) is 0 Å². The highest BCUT2D eigenvalue weighted by atomic mass is 29.1. The van der Waals surface area contributed by atoms with E-state index in [2.05, 4.69) is 24.3 Å². The molecule has 0 saturated carbocycles. The monoisotopic (exact) mass is 136 g/mol. The first kappa shape index (κ1) is 4.52. The molecule has 2 aliphatic rings. The molecule has 2 aliphatic heterocycles. The molecule has 2 bridgehead atoms. The van der Waals surface area contributed by atoms with Crippen molar-refractivity contribution in [2.45, 2.75) is 0 Å². The molecule has 0 saturated heterocycles. The second kappa shape index (κ2) is 1.57. The minimum Gasteiger partial charge on any atom is -0.0697 e. The molecule has 0 atom stereocenters. The van der Waals surface area contributed by atoms with Gasteiger partial charge in [0.25, 0.3) is 0 Å². The Hall–Kier alpha value is -0.346. The molecule has 0 radical (unpaired) electrons. The molecule has 0 fully saturated rings. The third kappa shape index (κ3) is 0.570. The van der Waals surface area contributed by atoms with Crippen molar-refractivity contribution in [3.63, 3.8) is 0 Å². The van der Waals surface area contributed by atoms with E-state index in [0.717, 1.165) is 0 Å². The maximum Gasteiger partial charge on any atom is 0.0477 e. The normalized spacial score (nSPS) is 20.5. The zero-order chi connectivity index (χ0) is 5.40. The van der Waals surface area contributed by atoms with E-state index >= 15 is 0 Å². The Morgan fingerprint density at radius 1 is 0.750 bits per heavy atom. The maximum atomic E-state index is 2.30. The van der Waals surface area contributed by atoms with E-state index in [1.165, 1.54) is 0 Å². The summed E-state index contributed by atoms with van der Waals surface area (Å²) in [6, 6.07) is 9.21. The number of fused-ring (bicyclic) bond motifs is 3. The summed E-state index contributed by atoms with van der Waals surface area (Å²) < 4.78 is 0. The zero-order valence-electron chi connectivity index (χ0n) is 4.72. The lowest BCUT2D eigenvalue weighted by molar-refractivity contribution is 1.82. The third-order valence-electron chi connectivity index (χ3n) is 1.73. The highest BCUT2D eigenvalue weighted by molar-refractivity contribution is 7.13. The van der Waals surface area contributed by atoms with Gasteiger partial charge in [-0.1, -0.05) is 34.6 Å². The van der Waals surface area contributed by atoms with Crippen LogP contribution in [0, 0.1) is 0 Å². The Kier molecular flexibility index (Phi) is 0.886. The lowest BCUT2D eigenvalue weighted by Gasteiger charge is -2.07. The second-order valence-electron chi connectivity index (χ2n) is 2.32. The van der Waals surface area contributed by atoms with Gasteiger partial charge in [0.15, 0.2) is 0 Å². The average Bonchev–Trinajstić information content (AvgIpc) is 1.92. The van der Waals surface area contributed by atoms with Crippen LogP contribution in [-0.4, -0.2) is 18.1 Å². The van der Waals surface area contributed by atoms with E-state index in [0.29, 0.717) is 18.1 Å². The second-order valence-corrected chi connectivity index (χ2v) is 7.95. The molecule has 40 valence electrons. The van der Waals surface area contributed by atoms with E-state index in [1.54, 1.807) is 10.4 Å². The molecule has 8 heavy (non-hydrogen) atoms. The summed E-state index contributed by atoms with van der Waals surface area (Å²) in [7, 11) is 0.634. The average molecular weight is 136 g/mol. The summed E-state index contributed by atoms with van der Waals surface area (Å²) in [5.41, 5.74) is 0. The predicted molar refractivity (Wildman–Crippen MR) is 42.8 cm³/mol. The molecule has 0 aliphatic carbocycles. The van der Waals surface area contributed by atoms with Crippen molar-refractivity contribution in [1.82, 2.24) is 0 Å². The van der Waals surface area contributed by atoms with Gasteiger partial charge in [-0.05, 0) is 0 Å². The predicted octanol–water partition coefficient (Wildman–Crippen LogP) is -1.80. The van der Waals surface area contributed by atoms with Crippen LogP contribution in [0.4, 0.5) is 0 Å². The molecule has 0 unspecified atom stereocenters. The van der Waals surface area contributed by atoms with Gasteiger partial charge >= 0.3 is 0 Å². The van der Waals surface area contributed by atoms with Gasteiger partial charge in [-0.25, -0.2) is 0 Å². The first-order valence-electron chi connectivity index (χ1n) is 3.03. The molecule has 1 aromatic rings. The molecule has 0 spiro atoms. The van der Waals surface area contributed by atoms with Crippen LogP contribution < -0.4 is 10.4 Å². The van der Waals surface area contributed by atoms with E-state index in [4.69, 9.17) is 0 Å². The van der Waals surface area contributed by atoms with E-state index < -0.39 is 0 Å².